The lowest BCUT2D eigenvalue weighted by Gasteiger charge is -2.35. The van der Waals surface area contributed by atoms with Gasteiger partial charge in [0.15, 0.2) is 0 Å². The van der Waals surface area contributed by atoms with Crippen LogP contribution in [0.4, 0.5) is 5.95 Å². The van der Waals surface area contributed by atoms with Crippen molar-refractivity contribution in [1.29, 1.82) is 0 Å². The zero-order chi connectivity index (χ0) is 19.5. The van der Waals surface area contributed by atoms with E-state index in [-0.39, 0.29) is 11.6 Å². The number of nitrogens with one attached hydrogen (secondary N) is 1. The second-order valence-electron chi connectivity index (χ2n) is 6.86. The molecule has 0 amide bonds. The van der Waals surface area contributed by atoms with E-state index < -0.39 is 0 Å². The molecule has 1 unspecified atom stereocenters. The molecule has 3 heterocycles. The summed E-state index contributed by atoms with van der Waals surface area (Å²) in [4.78, 5) is 27.5. The Morgan fingerprint density at radius 2 is 2.04 bits per heavy atom. The van der Waals surface area contributed by atoms with Crippen molar-refractivity contribution in [2.75, 3.05) is 24.5 Å². The first-order valence-corrected chi connectivity index (χ1v) is 9.55. The Labute approximate surface area is 168 Å². The highest BCUT2D eigenvalue weighted by Gasteiger charge is 2.23. The Hall–Kier alpha value is -2.77. The van der Waals surface area contributed by atoms with Crippen molar-refractivity contribution in [3.8, 4) is 11.4 Å². The minimum Gasteiger partial charge on any atom is -0.339 e. The Bertz CT molecular complexity index is 1010. The standard InChI is InChI=1S/C20H21ClN6O/c1-26-19(28)11-18(17-6-7-22-13-24-17)25-20(26)27-9-8-23-16(12-27)10-14-2-4-15(21)5-3-14/h2-7,11,13,16,23H,8-10,12H2,1H3. The van der Waals surface area contributed by atoms with Gasteiger partial charge in [-0.15, -0.1) is 0 Å². The van der Waals surface area contributed by atoms with Gasteiger partial charge in [0.25, 0.3) is 5.56 Å². The molecule has 0 spiro atoms. The lowest BCUT2D eigenvalue weighted by atomic mass is 10.0. The summed E-state index contributed by atoms with van der Waals surface area (Å²) >= 11 is 5.98. The maximum absolute atomic E-state index is 12.5. The van der Waals surface area contributed by atoms with Crippen molar-refractivity contribution >= 4 is 17.5 Å². The Kier molecular flexibility index (Phi) is 5.36. The number of hydrogen-bond donors (Lipinski definition) is 1. The van der Waals surface area contributed by atoms with Crippen LogP contribution in [0.1, 0.15) is 5.56 Å². The number of halogens is 1. The lowest BCUT2D eigenvalue weighted by molar-refractivity contribution is 0.446. The maximum Gasteiger partial charge on any atom is 0.255 e. The van der Waals surface area contributed by atoms with Crippen LogP contribution in [-0.2, 0) is 13.5 Å². The van der Waals surface area contributed by atoms with Crippen molar-refractivity contribution < 1.29 is 0 Å². The Morgan fingerprint density at radius 1 is 1.21 bits per heavy atom. The fourth-order valence-electron chi connectivity index (χ4n) is 3.43. The molecule has 0 saturated carbocycles. The molecule has 3 aromatic rings. The van der Waals surface area contributed by atoms with Crippen LogP contribution in [-0.4, -0.2) is 45.2 Å². The summed E-state index contributed by atoms with van der Waals surface area (Å²) in [6, 6.07) is 11.4. The molecule has 28 heavy (non-hydrogen) atoms. The van der Waals surface area contributed by atoms with Crippen molar-refractivity contribution in [2.24, 2.45) is 7.05 Å². The average Bonchev–Trinajstić information content (AvgIpc) is 2.72. The summed E-state index contributed by atoms with van der Waals surface area (Å²) in [5.41, 5.74) is 2.32. The van der Waals surface area contributed by atoms with E-state index in [0.29, 0.717) is 17.3 Å². The van der Waals surface area contributed by atoms with Crippen molar-refractivity contribution in [1.82, 2.24) is 24.8 Å². The summed E-state index contributed by atoms with van der Waals surface area (Å²) in [6.45, 7) is 2.37. The smallest absolute Gasteiger partial charge is 0.255 e. The molecule has 7 nitrogen and oxygen atoms in total. The molecular weight excluding hydrogens is 376 g/mol. The van der Waals surface area contributed by atoms with Crippen LogP contribution in [0, 0.1) is 0 Å². The van der Waals surface area contributed by atoms with E-state index in [4.69, 9.17) is 16.6 Å². The van der Waals surface area contributed by atoms with Gasteiger partial charge in [0.1, 0.15) is 6.33 Å². The molecule has 1 aliphatic rings. The van der Waals surface area contributed by atoms with E-state index >= 15 is 0 Å². The van der Waals surface area contributed by atoms with Gasteiger partial charge < -0.3 is 10.2 Å². The number of hydrogen-bond acceptors (Lipinski definition) is 6. The largest absolute Gasteiger partial charge is 0.339 e. The number of piperazine rings is 1. The quantitative estimate of drug-likeness (QED) is 0.726. The molecule has 0 bridgehead atoms. The van der Waals surface area contributed by atoms with Gasteiger partial charge in [-0.25, -0.2) is 15.0 Å². The molecule has 0 aliphatic carbocycles. The summed E-state index contributed by atoms with van der Waals surface area (Å²) in [5.74, 6) is 0.656. The number of aromatic nitrogens is 4. The summed E-state index contributed by atoms with van der Waals surface area (Å²) in [7, 11) is 1.75. The van der Waals surface area contributed by atoms with Gasteiger partial charge in [0.05, 0.1) is 11.4 Å². The van der Waals surface area contributed by atoms with Gasteiger partial charge in [0, 0.05) is 50.0 Å². The topological polar surface area (TPSA) is 75.9 Å². The fourth-order valence-corrected chi connectivity index (χ4v) is 3.56. The van der Waals surface area contributed by atoms with Crippen molar-refractivity contribution in [3.05, 3.63) is 69.9 Å². The second kappa shape index (κ2) is 8.08. The van der Waals surface area contributed by atoms with Gasteiger partial charge in [-0.05, 0) is 30.2 Å². The minimum atomic E-state index is -0.105. The predicted octanol–water partition coefficient (Wildman–Crippen LogP) is 1.91. The van der Waals surface area contributed by atoms with Crippen molar-refractivity contribution in [3.63, 3.8) is 0 Å². The summed E-state index contributed by atoms with van der Waals surface area (Å²) < 4.78 is 1.59. The third-order valence-electron chi connectivity index (χ3n) is 4.89. The van der Waals surface area contributed by atoms with Gasteiger partial charge >= 0.3 is 0 Å². The molecule has 1 atom stereocenters. The third-order valence-corrected chi connectivity index (χ3v) is 5.14. The van der Waals surface area contributed by atoms with Crippen LogP contribution in [0.2, 0.25) is 5.02 Å². The molecule has 1 saturated heterocycles. The maximum atomic E-state index is 12.5. The van der Waals surface area contributed by atoms with Crippen LogP contribution in [0.3, 0.4) is 0 Å². The molecular formula is C20H21ClN6O. The zero-order valence-electron chi connectivity index (χ0n) is 15.5. The Morgan fingerprint density at radius 3 is 2.79 bits per heavy atom. The zero-order valence-corrected chi connectivity index (χ0v) is 16.3. The minimum absolute atomic E-state index is 0.105. The normalized spacial score (nSPS) is 16.9. The molecule has 0 radical (unpaired) electrons. The number of anilines is 1. The van der Waals surface area contributed by atoms with Crippen LogP contribution < -0.4 is 15.8 Å². The number of rotatable bonds is 4. The van der Waals surface area contributed by atoms with E-state index in [1.807, 2.05) is 24.3 Å². The van der Waals surface area contributed by atoms with E-state index in [1.165, 1.54) is 18.0 Å². The second-order valence-corrected chi connectivity index (χ2v) is 7.30. The molecule has 1 aromatic carbocycles. The highest BCUT2D eigenvalue weighted by Crippen LogP contribution is 2.18. The van der Waals surface area contributed by atoms with E-state index in [1.54, 1.807) is 23.9 Å². The predicted molar refractivity (Wildman–Crippen MR) is 110 cm³/mol. The van der Waals surface area contributed by atoms with E-state index in [2.05, 4.69) is 20.2 Å². The SMILES string of the molecule is Cn1c(N2CCNC(Cc3ccc(Cl)cc3)C2)nc(-c2ccncn2)cc1=O. The monoisotopic (exact) mass is 396 g/mol. The van der Waals surface area contributed by atoms with Crippen LogP contribution in [0.5, 0.6) is 0 Å². The first-order chi connectivity index (χ1) is 13.6. The molecule has 144 valence electrons. The molecule has 4 rings (SSSR count). The third kappa shape index (κ3) is 4.05. The van der Waals surface area contributed by atoms with Crippen LogP contribution in [0.15, 0.2) is 53.7 Å². The van der Waals surface area contributed by atoms with E-state index in [0.717, 1.165) is 31.1 Å². The number of benzene rings is 1. The van der Waals surface area contributed by atoms with Gasteiger partial charge in [0.2, 0.25) is 5.95 Å². The van der Waals surface area contributed by atoms with E-state index in [9.17, 15) is 4.79 Å². The first kappa shape index (κ1) is 18.6. The van der Waals surface area contributed by atoms with Crippen LogP contribution in [0.25, 0.3) is 11.4 Å². The molecule has 1 aliphatic heterocycles. The molecule has 2 aromatic heterocycles. The summed E-state index contributed by atoms with van der Waals surface area (Å²) in [5, 5.41) is 4.29. The highest BCUT2D eigenvalue weighted by molar-refractivity contribution is 6.30. The number of nitrogens with zero attached hydrogens (tertiary/aromatic N) is 5. The van der Waals surface area contributed by atoms with Crippen molar-refractivity contribution in [2.45, 2.75) is 12.5 Å². The Balaban J connectivity index is 1.58. The highest BCUT2D eigenvalue weighted by atomic mass is 35.5. The molecule has 1 N–H and O–H groups in total. The molecule has 1 fully saturated rings. The van der Waals surface area contributed by atoms with Crippen LogP contribution >= 0.6 is 11.6 Å². The fraction of sp³-hybridized carbons (Fsp3) is 0.300. The average molecular weight is 397 g/mol. The van der Waals surface area contributed by atoms with Gasteiger partial charge in [-0.3, -0.25) is 9.36 Å². The first-order valence-electron chi connectivity index (χ1n) is 9.17. The van der Waals surface area contributed by atoms with Gasteiger partial charge in [-0.1, -0.05) is 23.7 Å². The lowest BCUT2D eigenvalue weighted by Crippen LogP contribution is -2.53. The molecule has 8 heteroatoms. The summed E-state index contributed by atoms with van der Waals surface area (Å²) in [6.07, 6.45) is 3.99. The van der Waals surface area contributed by atoms with Gasteiger partial charge in [-0.2, -0.15) is 0 Å².